The highest BCUT2D eigenvalue weighted by Gasteiger charge is 2.27. The summed E-state index contributed by atoms with van der Waals surface area (Å²) in [5.74, 6) is -4.80. The maximum Gasteiger partial charge on any atom is 0.296 e. The topological polar surface area (TPSA) is 0 Å². The first-order chi connectivity index (χ1) is 3.48. The van der Waals surface area contributed by atoms with Crippen LogP contribution in [0.2, 0.25) is 0 Å². The maximum absolute atomic E-state index is 11.7. The molecule has 0 spiro atoms. The molecule has 4 heteroatoms. The second-order valence-electron chi connectivity index (χ2n) is 1.35. The molecule has 0 atom stereocenters. The van der Waals surface area contributed by atoms with Gasteiger partial charge in [-0.1, -0.05) is 15.9 Å². The lowest BCUT2D eigenvalue weighted by atomic mass is 10.4. The van der Waals surface area contributed by atoms with Crippen molar-refractivity contribution in [2.24, 2.45) is 0 Å². The maximum atomic E-state index is 11.7. The summed E-state index contributed by atoms with van der Waals surface area (Å²) in [7, 11) is 0. The van der Waals surface area contributed by atoms with Gasteiger partial charge in [0.1, 0.15) is 0 Å². The Balaban J connectivity index is 4.03. The molecule has 0 amide bonds. The minimum atomic E-state index is -3.34. The van der Waals surface area contributed by atoms with E-state index in [1.165, 1.54) is 0 Å². The zero-order valence-electron chi connectivity index (χ0n) is 4.09. The van der Waals surface area contributed by atoms with Gasteiger partial charge in [-0.3, -0.25) is 0 Å². The van der Waals surface area contributed by atoms with Gasteiger partial charge >= 0.3 is 0 Å². The number of rotatable bonds is 1. The molecule has 0 fully saturated rings. The van der Waals surface area contributed by atoms with Crippen LogP contribution in [0, 0.1) is 0 Å². The summed E-state index contributed by atoms with van der Waals surface area (Å²) in [4.78, 5) is 0.562. The summed E-state index contributed by atoms with van der Waals surface area (Å²) in [6.45, 7) is 0.486. The van der Waals surface area contributed by atoms with Gasteiger partial charge in [-0.15, -0.1) is 0 Å². The van der Waals surface area contributed by atoms with Crippen molar-refractivity contribution in [2.45, 2.75) is 12.8 Å². The second kappa shape index (κ2) is 2.53. The molecule has 0 heterocycles. The van der Waals surface area contributed by atoms with E-state index in [1.807, 2.05) is 0 Å². The van der Waals surface area contributed by atoms with Crippen molar-refractivity contribution >= 4 is 15.9 Å². The number of allylic oxidation sites excluding steroid dienone is 1. The molecule has 0 N–H and O–H groups in total. The first kappa shape index (κ1) is 8.01. The van der Waals surface area contributed by atoms with Crippen molar-refractivity contribution in [3.8, 4) is 0 Å². The summed E-state index contributed by atoms with van der Waals surface area (Å²) < 4.78 is 35.0. The zero-order chi connectivity index (χ0) is 6.78. The fourth-order valence-corrected chi connectivity index (χ4v) is 0.498. The fourth-order valence-electron chi connectivity index (χ4n) is 0.0958. The zero-order valence-corrected chi connectivity index (χ0v) is 5.68. The molecular formula is C4H4BrF3. The minimum absolute atomic E-state index is 0.486. The van der Waals surface area contributed by atoms with Crippen LogP contribution in [-0.4, -0.2) is 5.92 Å². The van der Waals surface area contributed by atoms with Crippen molar-refractivity contribution < 1.29 is 13.2 Å². The standard InChI is InChI=1S/C4H4BrF3/c1-4(7,8)3(6)2-5/h2H,1H3. The quantitative estimate of drug-likeness (QED) is 0.594. The third-order valence-corrected chi connectivity index (χ3v) is 0.917. The number of hydrogen-bond donors (Lipinski definition) is 0. The average Bonchev–Trinajstić information content (AvgIpc) is 1.62. The molecule has 0 aromatic heterocycles. The van der Waals surface area contributed by atoms with E-state index in [9.17, 15) is 13.2 Å². The van der Waals surface area contributed by atoms with Crippen molar-refractivity contribution in [1.82, 2.24) is 0 Å². The van der Waals surface area contributed by atoms with Gasteiger partial charge in [-0.25, -0.2) is 4.39 Å². The predicted octanol–water partition coefficient (Wildman–Crippen LogP) is 2.85. The molecule has 48 valence electrons. The van der Waals surface area contributed by atoms with E-state index in [2.05, 4.69) is 15.9 Å². The van der Waals surface area contributed by atoms with Crippen LogP contribution in [0.3, 0.4) is 0 Å². The van der Waals surface area contributed by atoms with E-state index in [0.29, 0.717) is 11.9 Å². The predicted molar refractivity (Wildman–Crippen MR) is 28.7 cm³/mol. The Morgan fingerprint density at radius 2 is 2.00 bits per heavy atom. The molecule has 8 heavy (non-hydrogen) atoms. The average molecular weight is 189 g/mol. The van der Waals surface area contributed by atoms with Crippen molar-refractivity contribution in [1.29, 1.82) is 0 Å². The summed E-state index contributed by atoms with van der Waals surface area (Å²) in [5.41, 5.74) is 0. The largest absolute Gasteiger partial charge is 0.296 e. The molecule has 0 aliphatic rings. The Kier molecular flexibility index (Phi) is 2.53. The third-order valence-electron chi connectivity index (χ3n) is 0.515. The van der Waals surface area contributed by atoms with E-state index in [4.69, 9.17) is 0 Å². The van der Waals surface area contributed by atoms with Crippen molar-refractivity contribution in [3.63, 3.8) is 0 Å². The SMILES string of the molecule is CC(F)(F)C(F)=CBr. The molecule has 0 aliphatic carbocycles. The van der Waals surface area contributed by atoms with Crippen LogP contribution in [0.25, 0.3) is 0 Å². The normalized spacial score (nSPS) is 14.4. The Morgan fingerprint density at radius 3 is 2.00 bits per heavy atom. The first-order valence-electron chi connectivity index (χ1n) is 1.82. The van der Waals surface area contributed by atoms with Gasteiger partial charge in [0.2, 0.25) is 0 Å². The summed E-state index contributed by atoms with van der Waals surface area (Å²) in [6, 6.07) is 0. The lowest BCUT2D eigenvalue weighted by molar-refractivity contribution is 0.0393. The van der Waals surface area contributed by atoms with Gasteiger partial charge in [-0.05, 0) is 0 Å². The lowest BCUT2D eigenvalue weighted by Gasteiger charge is -2.03. The van der Waals surface area contributed by atoms with Gasteiger partial charge < -0.3 is 0 Å². The Hall–Kier alpha value is 0.01000. The molecule has 0 aliphatic heterocycles. The monoisotopic (exact) mass is 188 g/mol. The van der Waals surface area contributed by atoms with Crippen molar-refractivity contribution in [2.75, 3.05) is 0 Å². The number of alkyl halides is 2. The number of halogens is 4. The minimum Gasteiger partial charge on any atom is -0.205 e. The van der Waals surface area contributed by atoms with Crippen molar-refractivity contribution in [3.05, 3.63) is 10.8 Å². The highest BCUT2D eigenvalue weighted by atomic mass is 79.9. The Bertz CT molecular complexity index is 102. The molecule has 0 aromatic carbocycles. The van der Waals surface area contributed by atoms with Gasteiger partial charge in [0.15, 0.2) is 5.83 Å². The molecule has 0 nitrogen and oxygen atoms in total. The van der Waals surface area contributed by atoms with E-state index < -0.39 is 11.7 Å². The Labute approximate surface area is 53.5 Å². The van der Waals surface area contributed by atoms with Gasteiger partial charge in [0.05, 0.1) is 0 Å². The molecule has 0 rings (SSSR count). The first-order valence-corrected chi connectivity index (χ1v) is 2.74. The summed E-state index contributed by atoms with van der Waals surface area (Å²) in [5, 5.41) is 0. The lowest BCUT2D eigenvalue weighted by Crippen LogP contribution is -2.08. The fraction of sp³-hybridized carbons (Fsp3) is 0.500. The molecular weight excluding hydrogens is 185 g/mol. The van der Waals surface area contributed by atoms with Gasteiger partial charge in [0.25, 0.3) is 5.92 Å². The molecule has 0 aromatic rings. The van der Waals surface area contributed by atoms with Gasteiger partial charge in [0, 0.05) is 11.9 Å². The second-order valence-corrected chi connectivity index (χ2v) is 1.80. The number of hydrogen-bond acceptors (Lipinski definition) is 0. The summed E-state index contributed by atoms with van der Waals surface area (Å²) >= 11 is 2.43. The van der Waals surface area contributed by atoms with Crippen LogP contribution < -0.4 is 0 Å². The molecule has 0 bridgehead atoms. The molecule has 0 radical (unpaired) electrons. The van der Waals surface area contributed by atoms with Crippen LogP contribution in [0.5, 0.6) is 0 Å². The highest BCUT2D eigenvalue weighted by Crippen LogP contribution is 2.24. The molecule has 0 saturated heterocycles. The smallest absolute Gasteiger partial charge is 0.205 e. The van der Waals surface area contributed by atoms with Crippen LogP contribution in [0.15, 0.2) is 10.8 Å². The van der Waals surface area contributed by atoms with Gasteiger partial charge in [-0.2, -0.15) is 8.78 Å². The van der Waals surface area contributed by atoms with Crippen LogP contribution in [-0.2, 0) is 0 Å². The van der Waals surface area contributed by atoms with E-state index in [0.717, 1.165) is 0 Å². The molecule has 0 unspecified atom stereocenters. The van der Waals surface area contributed by atoms with Crippen LogP contribution >= 0.6 is 15.9 Å². The van der Waals surface area contributed by atoms with E-state index >= 15 is 0 Å². The summed E-state index contributed by atoms with van der Waals surface area (Å²) in [6.07, 6.45) is 0. The highest BCUT2D eigenvalue weighted by molar-refractivity contribution is 9.11. The van der Waals surface area contributed by atoms with E-state index in [1.54, 1.807) is 0 Å². The molecule has 0 saturated carbocycles. The van der Waals surface area contributed by atoms with Crippen LogP contribution in [0.1, 0.15) is 6.92 Å². The Morgan fingerprint density at radius 1 is 1.62 bits per heavy atom. The van der Waals surface area contributed by atoms with E-state index in [-0.39, 0.29) is 0 Å². The van der Waals surface area contributed by atoms with Crippen LogP contribution in [0.4, 0.5) is 13.2 Å². The third kappa shape index (κ3) is 2.35.